The number of ether oxygens (including phenoxy) is 3. The average Bonchev–Trinajstić information content (AvgIpc) is 2.83. The molecule has 0 bridgehead atoms. The Morgan fingerprint density at radius 1 is 0.788 bits per heavy atom. The van der Waals surface area contributed by atoms with Gasteiger partial charge in [-0.15, -0.1) is 12.4 Å². The van der Waals surface area contributed by atoms with Gasteiger partial charge in [0, 0.05) is 15.5 Å². The number of aromatic nitrogens is 2. The number of rotatable bonds is 7. The van der Waals surface area contributed by atoms with Gasteiger partial charge in [0.2, 0.25) is 5.75 Å². The molecular weight excluding hydrogens is 506 g/mol. The minimum absolute atomic E-state index is 0. The Labute approximate surface area is 207 Å². The van der Waals surface area contributed by atoms with Gasteiger partial charge in [-0.05, 0) is 53.6 Å². The van der Waals surface area contributed by atoms with Crippen LogP contribution in [-0.4, -0.2) is 31.3 Å². The molecule has 0 aliphatic carbocycles. The van der Waals surface area contributed by atoms with E-state index in [-0.39, 0.29) is 12.4 Å². The molecule has 1 N–H and O–H groups in total. The highest BCUT2D eigenvalue weighted by atomic mass is 79.9. The van der Waals surface area contributed by atoms with E-state index in [0.29, 0.717) is 17.2 Å². The molecule has 0 fully saturated rings. The monoisotopic (exact) mass is 527 g/mol. The third-order valence-corrected chi connectivity index (χ3v) is 5.42. The lowest BCUT2D eigenvalue weighted by molar-refractivity contribution is 0.324. The van der Waals surface area contributed by atoms with Crippen molar-refractivity contribution in [1.29, 1.82) is 0 Å². The van der Waals surface area contributed by atoms with E-state index in [1.165, 1.54) is 0 Å². The molecule has 1 aromatic heterocycles. The zero-order valence-corrected chi connectivity index (χ0v) is 20.7. The van der Waals surface area contributed by atoms with E-state index in [1.807, 2.05) is 66.7 Å². The first-order valence-corrected chi connectivity index (χ1v) is 10.7. The van der Waals surface area contributed by atoms with Gasteiger partial charge in [0.05, 0.1) is 26.8 Å². The predicted molar refractivity (Wildman–Crippen MR) is 139 cm³/mol. The summed E-state index contributed by atoms with van der Waals surface area (Å²) in [6.45, 7) is 0. The lowest BCUT2D eigenvalue weighted by atomic mass is 10.1. The van der Waals surface area contributed by atoms with Gasteiger partial charge in [-0.3, -0.25) is 0 Å². The fourth-order valence-electron chi connectivity index (χ4n) is 3.33. The van der Waals surface area contributed by atoms with Crippen LogP contribution in [0.15, 0.2) is 65.4 Å². The first-order valence-electron chi connectivity index (χ1n) is 9.86. The average molecular weight is 529 g/mol. The molecule has 0 unspecified atom stereocenters. The molecule has 0 aliphatic heterocycles. The van der Waals surface area contributed by atoms with Gasteiger partial charge >= 0.3 is 0 Å². The highest BCUT2D eigenvalue weighted by Crippen LogP contribution is 2.38. The Bertz CT molecular complexity index is 1250. The largest absolute Gasteiger partial charge is 0.493 e. The van der Waals surface area contributed by atoms with Gasteiger partial charge in [0.1, 0.15) is 12.1 Å². The number of benzene rings is 3. The molecule has 0 atom stereocenters. The SMILES string of the molecule is COc1cc(/C=C/c2ccc(Nc3ncnc4ccc(Br)cc34)cc2)cc(OC)c1OC.Cl. The Kier molecular flexibility index (Phi) is 8.14. The summed E-state index contributed by atoms with van der Waals surface area (Å²) in [5.74, 6) is 2.58. The van der Waals surface area contributed by atoms with Crippen molar-refractivity contribution in [3.8, 4) is 17.2 Å². The second-order valence-electron chi connectivity index (χ2n) is 6.92. The summed E-state index contributed by atoms with van der Waals surface area (Å²) in [7, 11) is 4.81. The molecule has 0 aliphatic rings. The standard InChI is InChI=1S/C25H22BrN3O3.ClH/c1-30-22-12-17(13-23(31-2)24(22)32-3)5-4-16-6-9-19(10-7-16)29-25-20-14-18(26)8-11-21(20)27-15-28-25;/h4-15H,1-3H3,(H,27,28,29);1H/b5-4+;. The molecule has 0 radical (unpaired) electrons. The van der Waals surface area contributed by atoms with Crippen LogP contribution in [0, 0.1) is 0 Å². The molecule has 0 amide bonds. The smallest absolute Gasteiger partial charge is 0.203 e. The second kappa shape index (κ2) is 11.0. The maximum absolute atomic E-state index is 5.42. The van der Waals surface area contributed by atoms with Crippen LogP contribution in [0.5, 0.6) is 17.2 Å². The second-order valence-corrected chi connectivity index (χ2v) is 7.84. The molecule has 0 spiro atoms. The van der Waals surface area contributed by atoms with Crippen molar-refractivity contribution in [1.82, 2.24) is 9.97 Å². The number of anilines is 2. The molecule has 3 aromatic carbocycles. The number of nitrogens with zero attached hydrogens (tertiary/aromatic N) is 2. The molecule has 170 valence electrons. The van der Waals surface area contributed by atoms with Crippen molar-refractivity contribution in [2.45, 2.75) is 0 Å². The van der Waals surface area contributed by atoms with Crippen LogP contribution in [0.4, 0.5) is 11.5 Å². The molecule has 6 nitrogen and oxygen atoms in total. The normalized spacial score (nSPS) is 10.7. The molecule has 4 aromatic rings. The van der Waals surface area contributed by atoms with Crippen molar-refractivity contribution in [2.75, 3.05) is 26.6 Å². The number of halogens is 2. The van der Waals surface area contributed by atoms with Crippen LogP contribution in [0.3, 0.4) is 0 Å². The fraction of sp³-hybridized carbons (Fsp3) is 0.120. The van der Waals surface area contributed by atoms with Gasteiger partial charge in [-0.25, -0.2) is 9.97 Å². The van der Waals surface area contributed by atoms with Gasteiger partial charge in [-0.1, -0.05) is 40.2 Å². The van der Waals surface area contributed by atoms with Crippen LogP contribution in [-0.2, 0) is 0 Å². The van der Waals surface area contributed by atoms with E-state index < -0.39 is 0 Å². The van der Waals surface area contributed by atoms with Crippen molar-refractivity contribution in [3.63, 3.8) is 0 Å². The highest BCUT2D eigenvalue weighted by Gasteiger charge is 2.12. The lowest BCUT2D eigenvalue weighted by Gasteiger charge is -2.12. The summed E-state index contributed by atoms with van der Waals surface area (Å²) in [5, 5.41) is 4.33. The summed E-state index contributed by atoms with van der Waals surface area (Å²) in [5.41, 5.74) is 3.82. The molecular formula is C25H23BrClN3O3. The lowest BCUT2D eigenvalue weighted by Crippen LogP contribution is -1.96. The van der Waals surface area contributed by atoms with Crippen molar-refractivity contribution in [3.05, 3.63) is 76.5 Å². The van der Waals surface area contributed by atoms with E-state index in [9.17, 15) is 0 Å². The van der Waals surface area contributed by atoms with E-state index in [1.54, 1.807) is 27.7 Å². The van der Waals surface area contributed by atoms with Crippen molar-refractivity contribution in [2.24, 2.45) is 0 Å². The van der Waals surface area contributed by atoms with Crippen molar-refractivity contribution >= 4 is 62.9 Å². The predicted octanol–water partition coefficient (Wildman–Crippen LogP) is 6.75. The maximum atomic E-state index is 5.42. The minimum atomic E-state index is 0. The molecule has 1 heterocycles. The van der Waals surface area contributed by atoms with Gasteiger partial charge in [-0.2, -0.15) is 0 Å². The van der Waals surface area contributed by atoms with Crippen molar-refractivity contribution < 1.29 is 14.2 Å². The van der Waals surface area contributed by atoms with E-state index in [0.717, 1.165) is 38.0 Å². The Morgan fingerprint density at radius 2 is 1.45 bits per heavy atom. The number of hydrogen-bond donors (Lipinski definition) is 1. The number of nitrogens with one attached hydrogen (secondary N) is 1. The molecule has 8 heteroatoms. The number of fused-ring (bicyclic) bond motifs is 1. The first-order chi connectivity index (χ1) is 15.6. The van der Waals surface area contributed by atoms with Crippen LogP contribution >= 0.6 is 28.3 Å². The number of hydrogen-bond acceptors (Lipinski definition) is 6. The zero-order valence-electron chi connectivity index (χ0n) is 18.3. The third kappa shape index (κ3) is 5.56. The molecule has 0 saturated carbocycles. The number of methoxy groups -OCH3 is 3. The van der Waals surface area contributed by atoms with Gasteiger partial charge < -0.3 is 19.5 Å². The quantitative estimate of drug-likeness (QED) is 0.268. The summed E-state index contributed by atoms with van der Waals surface area (Å²) in [6, 6.07) is 17.9. The van der Waals surface area contributed by atoms with Crippen LogP contribution in [0.25, 0.3) is 23.1 Å². The van der Waals surface area contributed by atoms with Gasteiger partial charge in [0.15, 0.2) is 11.5 Å². The Balaban J connectivity index is 0.00000306. The van der Waals surface area contributed by atoms with Gasteiger partial charge in [0.25, 0.3) is 0 Å². The summed E-state index contributed by atoms with van der Waals surface area (Å²) in [6.07, 6.45) is 5.59. The maximum Gasteiger partial charge on any atom is 0.203 e. The third-order valence-electron chi connectivity index (χ3n) is 4.93. The van der Waals surface area contributed by atoms with E-state index >= 15 is 0 Å². The minimum Gasteiger partial charge on any atom is -0.493 e. The summed E-state index contributed by atoms with van der Waals surface area (Å²) >= 11 is 3.51. The van der Waals surface area contributed by atoms with E-state index in [4.69, 9.17) is 14.2 Å². The molecule has 33 heavy (non-hydrogen) atoms. The Hall–Kier alpha value is -3.29. The molecule has 4 rings (SSSR count). The molecule has 0 saturated heterocycles. The van der Waals surface area contributed by atoms with Crippen LogP contribution in [0.1, 0.15) is 11.1 Å². The topological polar surface area (TPSA) is 65.5 Å². The summed E-state index contributed by atoms with van der Waals surface area (Å²) < 4.78 is 17.2. The first kappa shape index (κ1) is 24.4. The Morgan fingerprint density at radius 3 is 2.09 bits per heavy atom. The zero-order chi connectivity index (χ0) is 22.5. The fourth-order valence-corrected chi connectivity index (χ4v) is 3.69. The highest BCUT2D eigenvalue weighted by molar-refractivity contribution is 9.10. The van der Waals surface area contributed by atoms with E-state index in [2.05, 4.69) is 31.2 Å². The van der Waals surface area contributed by atoms with Crippen LogP contribution in [0.2, 0.25) is 0 Å². The van der Waals surface area contributed by atoms with Crippen LogP contribution < -0.4 is 19.5 Å². The summed E-state index contributed by atoms with van der Waals surface area (Å²) in [4.78, 5) is 8.72.